The summed E-state index contributed by atoms with van der Waals surface area (Å²) in [6, 6.07) is 14.7. The van der Waals surface area contributed by atoms with Gasteiger partial charge in [-0.05, 0) is 51.3 Å². The van der Waals surface area contributed by atoms with Gasteiger partial charge < -0.3 is 4.90 Å². The Morgan fingerprint density at radius 3 is 2.55 bits per heavy atom. The molecule has 1 aliphatic rings. The van der Waals surface area contributed by atoms with E-state index < -0.39 is 0 Å². The van der Waals surface area contributed by atoms with Crippen molar-refractivity contribution < 1.29 is 9.18 Å². The quantitative estimate of drug-likeness (QED) is 0.432. The fraction of sp³-hybridized carbons (Fsp3) is 0.348. The van der Waals surface area contributed by atoms with Crippen molar-refractivity contribution in [2.24, 2.45) is 0 Å². The summed E-state index contributed by atoms with van der Waals surface area (Å²) in [5, 5.41) is 1.28. The summed E-state index contributed by atoms with van der Waals surface area (Å²) in [7, 11) is 0. The third-order valence-corrected chi connectivity index (χ3v) is 6.44. The van der Waals surface area contributed by atoms with Gasteiger partial charge in [0.05, 0.1) is 11.3 Å². The monoisotopic (exact) mass is 409 g/mol. The van der Waals surface area contributed by atoms with E-state index in [1.54, 1.807) is 6.07 Å². The van der Waals surface area contributed by atoms with Crippen LogP contribution in [0.25, 0.3) is 22.3 Å². The number of thioether (sulfide) groups is 1. The van der Waals surface area contributed by atoms with E-state index in [9.17, 15) is 9.18 Å². The number of fused-ring (bicyclic) bond motifs is 1. The summed E-state index contributed by atoms with van der Waals surface area (Å²) in [4.78, 5) is 24.2. The van der Waals surface area contributed by atoms with Crippen molar-refractivity contribution in [1.82, 2.24) is 14.9 Å². The van der Waals surface area contributed by atoms with Gasteiger partial charge in [0, 0.05) is 23.0 Å². The maximum absolute atomic E-state index is 13.9. The molecule has 3 aromatic rings. The highest BCUT2D eigenvalue weighted by molar-refractivity contribution is 8.00. The van der Waals surface area contributed by atoms with Crippen molar-refractivity contribution in [3.8, 4) is 11.4 Å². The van der Waals surface area contributed by atoms with Crippen LogP contribution in [0.3, 0.4) is 0 Å². The Labute approximate surface area is 174 Å². The average Bonchev–Trinajstić information content (AvgIpc) is 2.72. The normalized spacial score (nSPS) is 19.5. The van der Waals surface area contributed by atoms with Crippen LogP contribution in [0.1, 0.15) is 33.1 Å². The number of aromatic nitrogens is 2. The number of carbonyl (C=O) groups is 1. The van der Waals surface area contributed by atoms with Gasteiger partial charge in [-0.2, -0.15) is 0 Å². The van der Waals surface area contributed by atoms with Crippen molar-refractivity contribution in [2.75, 3.05) is 5.75 Å². The van der Waals surface area contributed by atoms with E-state index in [-0.39, 0.29) is 29.6 Å². The first-order chi connectivity index (χ1) is 14.0. The van der Waals surface area contributed by atoms with E-state index >= 15 is 0 Å². The predicted octanol–water partition coefficient (Wildman–Crippen LogP) is 5.32. The molecule has 1 aromatic heterocycles. The number of likely N-dealkylation sites (tertiary alicyclic amines) is 1. The van der Waals surface area contributed by atoms with E-state index in [0.29, 0.717) is 21.8 Å². The third-order valence-electron chi connectivity index (χ3n) is 5.47. The summed E-state index contributed by atoms with van der Waals surface area (Å²) in [5.74, 6) is 0.643. The molecule has 6 heteroatoms. The third kappa shape index (κ3) is 4.27. The molecule has 2 aromatic carbocycles. The molecule has 2 heterocycles. The van der Waals surface area contributed by atoms with Crippen LogP contribution >= 0.6 is 11.8 Å². The second-order valence-electron chi connectivity index (χ2n) is 7.60. The maximum atomic E-state index is 13.9. The van der Waals surface area contributed by atoms with E-state index in [2.05, 4.69) is 23.8 Å². The van der Waals surface area contributed by atoms with Crippen molar-refractivity contribution in [1.29, 1.82) is 0 Å². The minimum absolute atomic E-state index is 0.110. The molecule has 4 nitrogen and oxygen atoms in total. The van der Waals surface area contributed by atoms with Gasteiger partial charge in [0.25, 0.3) is 0 Å². The number of benzene rings is 2. The standard InChI is InChI=1S/C23H24FN3OS/c1-15-7-6-8-16(2)27(15)21(28)14-29-23-19-13-18(24)11-12-20(19)25-22(26-23)17-9-4-3-5-10-17/h3-5,9-13,15-16H,6-8,14H2,1-2H3/t15-,16+. The van der Waals surface area contributed by atoms with E-state index in [1.165, 1.54) is 23.9 Å². The van der Waals surface area contributed by atoms with Gasteiger partial charge in [-0.15, -0.1) is 0 Å². The highest BCUT2D eigenvalue weighted by Gasteiger charge is 2.29. The predicted molar refractivity (Wildman–Crippen MR) is 115 cm³/mol. The van der Waals surface area contributed by atoms with Crippen LogP contribution in [0.2, 0.25) is 0 Å². The average molecular weight is 410 g/mol. The zero-order valence-corrected chi connectivity index (χ0v) is 17.5. The Morgan fingerprint density at radius 2 is 1.83 bits per heavy atom. The molecule has 150 valence electrons. The maximum Gasteiger partial charge on any atom is 0.233 e. The molecule has 0 aliphatic carbocycles. The first-order valence-electron chi connectivity index (χ1n) is 9.99. The van der Waals surface area contributed by atoms with Gasteiger partial charge in [0.15, 0.2) is 5.82 Å². The second kappa shape index (κ2) is 8.49. The molecule has 1 amide bonds. The van der Waals surface area contributed by atoms with Gasteiger partial charge in [0.2, 0.25) is 5.91 Å². The van der Waals surface area contributed by atoms with Gasteiger partial charge in [0.1, 0.15) is 10.8 Å². The lowest BCUT2D eigenvalue weighted by Gasteiger charge is -2.39. The van der Waals surface area contributed by atoms with Crippen LogP contribution in [0.5, 0.6) is 0 Å². The smallest absolute Gasteiger partial charge is 0.233 e. The number of nitrogens with zero attached hydrogens (tertiary/aromatic N) is 3. The molecular weight excluding hydrogens is 385 g/mol. The van der Waals surface area contributed by atoms with Crippen molar-refractivity contribution in [3.63, 3.8) is 0 Å². The Kier molecular flexibility index (Phi) is 5.81. The number of hydrogen-bond acceptors (Lipinski definition) is 4. The van der Waals surface area contributed by atoms with Gasteiger partial charge in [-0.1, -0.05) is 42.1 Å². The van der Waals surface area contributed by atoms with Crippen molar-refractivity contribution in [3.05, 3.63) is 54.3 Å². The fourth-order valence-corrected chi connectivity index (χ4v) is 4.90. The summed E-state index contributed by atoms with van der Waals surface area (Å²) in [5.41, 5.74) is 1.57. The summed E-state index contributed by atoms with van der Waals surface area (Å²) in [6.07, 6.45) is 3.25. The Balaban J connectivity index is 1.65. The minimum atomic E-state index is -0.333. The lowest BCUT2D eigenvalue weighted by atomic mass is 9.98. The topological polar surface area (TPSA) is 46.1 Å². The SMILES string of the molecule is C[C@@H]1CCC[C@H](C)N1C(=O)CSc1nc(-c2ccccc2)nc2ccc(F)cc12. The number of halogens is 1. The van der Waals surface area contributed by atoms with Gasteiger partial charge >= 0.3 is 0 Å². The molecule has 1 saturated heterocycles. The molecule has 2 atom stereocenters. The minimum Gasteiger partial charge on any atom is -0.337 e. The Bertz CT molecular complexity index is 1020. The molecule has 0 unspecified atom stereocenters. The van der Waals surface area contributed by atoms with Gasteiger partial charge in [-0.3, -0.25) is 4.79 Å². The van der Waals surface area contributed by atoms with Crippen LogP contribution in [-0.4, -0.2) is 38.6 Å². The van der Waals surface area contributed by atoms with Crippen LogP contribution in [-0.2, 0) is 4.79 Å². The molecule has 0 N–H and O–H groups in total. The summed E-state index contributed by atoms with van der Waals surface area (Å²) >= 11 is 1.36. The molecule has 0 radical (unpaired) electrons. The van der Waals surface area contributed by atoms with Crippen molar-refractivity contribution in [2.45, 2.75) is 50.2 Å². The van der Waals surface area contributed by atoms with Crippen LogP contribution < -0.4 is 0 Å². The highest BCUT2D eigenvalue weighted by Crippen LogP contribution is 2.30. The molecule has 29 heavy (non-hydrogen) atoms. The van der Waals surface area contributed by atoms with Crippen LogP contribution in [0.4, 0.5) is 4.39 Å². The molecular formula is C23H24FN3OS. The zero-order valence-electron chi connectivity index (χ0n) is 16.6. The van der Waals surface area contributed by atoms with Crippen molar-refractivity contribution >= 4 is 28.6 Å². The number of hydrogen-bond donors (Lipinski definition) is 0. The first kappa shape index (κ1) is 19.8. The lowest BCUT2D eigenvalue weighted by molar-refractivity contribution is -0.134. The largest absolute Gasteiger partial charge is 0.337 e. The van der Waals surface area contributed by atoms with Gasteiger partial charge in [-0.25, -0.2) is 14.4 Å². The number of amides is 1. The molecule has 0 bridgehead atoms. The molecule has 4 rings (SSSR count). The highest BCUT2D eigenvalue weighted by atomic mass is 32.2. The number of rotatable bonds is 4. The number of carbonyl (C=O) groups excluding carboxylic acids is 1. The molecule has 1 aliphatic heterocycles. The van der Waals surface area contributed by atoms with Crippen LogP contribution in [0.15, 0.2) is 53.6 Å². The Hall–Kier alpha value is -2.47. The molecule has 0 saturated carbocycles. The summed E-state index contributed by atoms with van der Waals surface area (Å²) in [6.45, 7) is 4.22. The van der Waals surface area contributed by atoms with E-state index in [4.69, 9.17) is 0 Å². The lowest BCUT2D eigenvalue weighted by Crippen LogP contribution is -2.48. The molecule has 1 fully saturated rings. The fourth-order valence-electron chi connectivity index (χ4n) is 4.02. The zero-order chi connectivity index (χ0) is 20.4. The second-order valence-corrected chi connectivity index (χ2v) is 8.56. The molecule has 0 spiro atoms. The summed E-state index contributed by atoms with van der Waals surface area (Å²) < 4.78 is 13.9. The van der Waals surface area contributed by atoms with E-state index in [0.717, 1.165) is 24.8 Å². The first-order valence-corrected chi connectivity index (χ1v) is 11.0. The van der Waals surface area contributed by atoms with Crippen LogP contribution in [0, 0.1) is 5.82 Å². The van der Waals surface area contributed by atoms with E-state index in [1.807, 2.05) is 35.2 Å². The number of piperidine rings is 1. The Morgan fingerprint density at radius 1 is 1.10 bits per heavy atom.